The maximum atomic E-state index is 12.7. The minimum Gasteiger partial charge on any atom is -0.465 e. The van der Waals surface area contributed by atoms with Crippen LogP contribution in [0.5, 0.6) is 0 Å². The first kappa shape index (κ1) is 17.5. The highest BCUT2D eigenvalue weighted by Gasteiger charge is 2.19. The Morgan fingerprint density at radius 2 is 1.88 bits per heavy atom. The largest absolute Gasteiger partial charge is 0.465 e. The molecule has 1 heterocycles. The zero-order chi connectivity index (χ0) is 18.1. The van der Waals surface area contributed by atoms with Crippen LogP contribution in [0.2, 0.25) is 5.02 Å². The minimum absolute atomic E-state index is 0.296. The molecule has 0 radical (unpaired) electrons. The Morgan fingerprint density at radius 3 is 2.56 bits per heavy atom. The number of rotatable bonds is 3. The Morgan fingerprint density at radius 1 is 1.12 bits per heavy atom. The van der Waals surface area contributed by atoms with Crippen molar-refractivity contribution in [3.05, 3.63) is 63.0 Å². The summed E-state index contributed by atoms with van der Waals surface area (Å²) >= 11 is 7.79. The SMILES string of the molecule is COC(=O)c1ccc(C)c(NC(=O)c2sc3cccc(C)c3c2Cl)c1. The van der Waals surface area contributed by atoms with Gasteiger partial charge in [0.05, 0.1) is 17.7 Å². The Hall–Kier alpha value is -2.37. The smallest absolute Gasteiger partial charge is 0.337 e. The molecule has 128 valence electrons. The van der Waals surface area contributed by atoms with Crippen molar-refractivity contribution < 1.29 is 14.3 Å². The highest BCUT2D eigenvalue weighted by atomic mass is 35.5. The highest BCUT2D eigenvalue weighted by Crippen LogP contribution is 2.37. The molecular formula is C19H16ClNO3S. The molecule has 1 N–H and O–H groups in total. The molecule has 1 aromatic heterocycles. The quantitative estimate of drug-likeness (QED) is 0.641. The van der Waals surface area contributed by atoms with Gasteiger partial charge < -0.3 is 10.1 Å². The van der Waals surface area contributed by atoms with Gasteiger partial charge >= 0.3 is 5.97 Å². The summed E-state index contributed by atoms with van der Waals surface area (Å²) in [5.74, 6) is -0.748. The molecule has 0 aliphatic rings. The molecule has 0 saturated carbocycles. The topological polar surface area (TPSA) is 55.4 Å². The fourth-order valence-electron chi connectivity index (χ4n) is 2.60. The van der Waals surface area contributed by atoms with E-state index in [1.54, 1.807) is 18.2 Å². The van der Waals surface area contributed by atoms with E-state index in [4.69, 9.17) is 16.3 Å². The maximum Gasteiger partial charge on any atom is 0.337 e. The summed E-state index contributed by atoms with van der Waals surface area (Å²) in [4.78, 5) is 24.9. The average molecular weight is 374 g/mol. The first-order valence-corrected chi connectivity index (χ1v) is 8.79. The van der Waals surface area contributed by atoms with E-state index in [0.717, 1.165) is 21.2 Å². The number of hydrogen-bond acceptors (Lipinski definition) is 4. The number of carbonyl (C=O) groups excluding carboxylic acids is 2. The number of benzene rings is 2. The minimum atomic E-state index is -0.453. The van der Waals surface area contributed by atoms with Crippen LogP contribution >= 0.6 is 22.9 Å². The summed E-state index contributed by atoms with van der Waals surface area (Å²) in [6.45, 7) is 3.82. The van der Waals surface area contributed by atoms with Crippen molar-refractivity contribution in [1.82, 2.24) is 0 Å². The van der Waals surface area contributed by atoms with Crippen molar-refractivity contribution in [1.29, 1.82) is 0 Å². The van der Waals surface area contributed by atoms with Crippen LogP contribution in [0.15, 0.2) is 36.4 Å². The predicted octanol–water partition coefficient (Wildman–Crippen LogP) is 5.21. The fourth-order valence-corrected chi connectivity index (χ4v) is 4.18. The molecule has 0 aliphatic carbocycles. The third kappa shape index (κ3) is 3.25. The van der Waals surface area contributed by atoms with Crippen LogP contribution in [0.4, 0.5) is 5.69 Å². The number of esters is 1. The number of anilines is 1. The molecule has 2 aromatic carbocycles. The van der Waals surface area contributed by atoms with Crippen LogP contribution in [0, 0.1) is 13.8 Å². The number of carbonyl (C=O) groups is 2. The van der Waals surface area contributed by atoms with E-state index < -0.39 is 5.97 Å². The van der Waals surface area contributed by atoms with Crippen molar-refractivity contribution in [2.24, 2.45) is 0 Å². The maximum absolute atomic E-state index is 12.7. The Labute approximate surface area is 154 Å². The first-order valence-electron chi connectivity index (χ1n) is 7.60. The van der Waals surface area contributed by atoms with E-state index in [1.165, 1.54) is 18.4 Å². The van der Waals surface area contributed by atoms with Gasteiger partial charge in [-0.3, -0.25) is 4.79 Å². The van der Waals surface area contributed by atoms with Gasteiger partial charge in [-0.05, 0) is 43.2 Å². The van der Waals surface area contributed by atoms with Gasteiger partial charge in [0.2, 0.25) is 0 Å². The van der Waals surface area contributed by atoms with E-state index >= 15 is 0 Å². The lowest BCUT2D eigenvalue weighted by Crippen LogP contribution is -2.12. The molecule has 0 bridgehead atoms. The lowest BCUT2D eigenvalue weighted by molar-refractivity contribution is 0.0600. The van der Waals surface area contributed by atoms with Gasteiger partial charge in [0.15, 0.2) is 0 Å². The summed E-state index contributed by atoms with van der Waals surface area (Å²) in [7, 11) is 1.32. The fraction of sp³-hybridized carbons (Fsp3) is 0.158. The number of ether oxygens (including phenoxy) is 1. The third-order valence-corrected chi connectivity index (χ3v) is 5.62. The lowest BCUT2D eigenvalue weighted by Gasteiger charge is -2.09. The summed E-state index contributed by atoms with van der Waals surface area (Å²) in [6, 6.07) is 10.9. The first-order chi connectivity index (χ1) is 11.9. The number of amides is 1. The second kappa shape index (κ2) is 6.86. The molecule has 0 unspecified atom stereocenters. The number of halogens is 1. The molecule has 25 heavy (non-hydrogen) atoms. The number of hydrogen-bond donors (Lipinski definition) is 1. The van der Waals surface area contributed by atoms with Gasteiger partial charge in [-0.1, -0.05) is 29.8 Å². The standard InChI is InChI=1S/C19H16ClNO3S/c1-10-7-8-12(19(23)24-3)9-13(10)21-18(22)17-16(20)15-11(2)5-4-6-14(15)25-17/h4-9H,1-3H3,(H,21,22). The van der Waals surface area contributed by atoms with E-state index in [1.807, 2.05) is 32.0 Å². The third-order valence-electron chi connectivity index (χ3n) is 3.98. The van der Waals surface area contributed by atoms with Crippen molar-refractivity contribution in [2.45, 2.75) is 13.8 Å². The number of methoxy groups -OCH3 is 1. The van der Waals surface area contributed by atoms with Gasteiger partial charge in [-0.2, -0.15) is 0 Å². The van der Waals surface area contributed by atoms with Gasteiger partial charge in [0.25, 0.3) is 5.91 Å². The van der Waals surface area contributed by atoms with E-state index in [0.29, 0.717) is 21.2 Å². The number of nitrogens with one attached hydrogen (secondary N) is 1. The van der Waals surface area contributed by atoms with Crippen LogP contribution in [-0.4, -0.2) is 19.0 Å². The zero-order valence-electron chi connectivity index (χ0n) is 14.0. The molecule has 0 spiro atoms. The van der Waals surface area contributed by atoms with Crippen LogP contribution < -0.4 is 5.32 Å². The summed E-state index contributed by atoms with van der Waals surface area (Å²) in [6.07, 6.45) is 0. The van der Waals surface area contributed by atoms with Crippen molar-refractivity contribution in [2.75, 3.05) is 12.4 Å². The van der Waals surface area contributed by atoms with Crippen LogP contribution in [0.1, 0.15) is 31.2 Å². The van der Waals surface area contributed by atoms with Crippen LogP contribution in [-0.2, 0) is 4.74 Å². The zero-order valence-corrected chi connectivity index (χ0v) is 15.5. The second-order valence-electron chi connectivity index (χ2n) is 5.67. The van der Waals surface area contributed by atoms with Crippen molar-refractivity contribution in [3.63, 3.8) is 0 Å². The summed E-state index contributed by atoms with van der Waals surface area (Å²) < 4.78 is 5.69. The molecule has 3 aromatic rings. The van der Waals surface area contributed by atoms with Crippen molar-refractivity contribution in [3.8, 4) is 0 Å². The molecule has 0 atom stereocenters. The summed E-state index contributed by atoms with van der Waals surface area (Å²) in [5, 5.41) is 4.20. The van der Waals surface area contributed by atoms with Crippen molar-refractivity contribution >= 4 is 50.6 Å². The van der Waals surface area contributed by atoms with Crippen LogP contribution in [0.25, 0.3) is 10.1 Å². The number of fused-ring (bicyclic) bond motifs is 1. The molecule has 3 rings (SSSR count). The second-order valence-corrected chi connectivity index (χ2v) is 7.10. The molecule has 0 saturated heterocycles. The Bertz CT molecular complexity index is 994. The van der Waals surface area contributed by atoms with E-state index in [-0.39, 0.29) is 5.91 Å². The van der Waals surface area contributed by atoms with Gasteiger partial charge in [0, 0.05) is 15.8 Å². The lowest BCUT2D eigenvalue weighted by atomic mass is 10.1. The van der Waals surface area contributed by atoms with Crippen LogP contribution in [0.3, 0.4) is 0 Å². The molecule has 6 heteroatoms. The Kier molecular flexibility index (Phi) is 4.79. The van der Waals surface area contributed by atoms with Gasteiger partial charge in [-0.25, -0.2) is 4.79 Å². The molecule has 1 amide bonds. The van der Waals surface area contributed by atoms with E-state index in [2.05, 4.69) is 5.32 Å². The number of thiophene rings is 1. The Balaban J connectivity index is 1.97. The van der Waals surface area contributed by atoms with Gasteiger partial charge in [0.1, 0.15) is 4.88 Å². The molecule has 4 nitrogen and oxygen atoms in total. The molecule has 0 aliphatic heterocycles. The summed E-state index contributed by atoms with van der Waals surface area (Å²) in [5.41, 5.74) is 2.80. The average Bonchev–Trinajstić information content (AvgIpc) is 2.94. The molecule has 0 fully saturated rings. The van der Waals surface area contributed by atoms with E-state index in [9.17, 15) is 9.59 Å². The highest BCUT2D eigenvalue weighted by molar-refractivity contribution is 7.21. The normalized spacial score (nSPS) is 10.7. The predicted molar refractivity (Wildman–Crippen MR) is 102 cm³/mol. The molecular weight excluding hydrogens is 358 g/mol. The monoisotopic (exact) mass is 373 g/mol. The van der Waals surface area contributed by atoms with Gasteiger partial charge in [-0.15, -0.1) is 11.3 Å². The number of aryl methyl sites for hydroxylation is 2.